The van der Waals surface area contributed by atoms with Gasteiger partial charge in [-0.3, -0.25) is 10.1 Å². The van der Waals surface area contributed by atoms with Crippen LogP contribution < -0.4 is 0 Å². The highest BCUT2D eigenvalue weighted by atomic mass is 79.9. The number of fused-ring (bicyclic) bond motifs is 1. The molecule has 1 unspecified atom stereocenters. The Kier molecular flexibility index (Phi) is 4.82. The molecular weight excluding hydrogens is 446 g/mol. The van der Waals surface area contributed by atoms with E-state index in [0.29, 0.717) is 6.54 Å². The molecule has 2 heterocycles. The zero-order valence-electron chi connectivity index (χ0n) is 14.6. The van der Waals surface area contributed by atoms with E-state index in [1.54, 1.807) is 0 Å². The predicted octanol–water partition coefficient (Wildman–Crippen LogP) is 3.95. The molecule has 1 aliphatic heterocycles. The van der Waals surface area contributed by atoms with Gasteiger partial charge in [-0.2, -0.15) is 4.31 Å². The molecule has 1 aromatic heterocycles. The average molecular weight is 462 g/mol. The summed E-state index contributed by atoms with van der Waals surface area (Å²) in [5, 5.41) is 11.4. The number of para-hydroxylation sites is 1. The number of nitro groups is 1. The van der Waals surface area contributed by atoms with Crippen LogP contribution in [0, 0.1) is 10.1 Å². The molecule has 7 nitrogen and oxygen atoms in total. The van der Waals surface area contributed by atoms with E-state index >= 15 is 0 Å². The third kappa shape index (κ3) is 3.15. The second-order valence-corrected chi connectivity index (χ2v) is 9.20. The van der Waals surface area contributed by atoms with E-state index in [1.165, 1.54) is 28.6 Å². The van der Waals surface area contributed by atoms with E-state index in [9.17, 15) is 18.5 Å². The zero-order valence-corrected chi connectivity index (χ0v) is 17.0. The SMILES string of the molecule is O=[N+]([O-])c1ccccc1S(=O)(=O)N1CCn2cccc2C1c1ccc(Br)cc1. The largest absolute Gasteiger partial charge is 0.348 e. The standard InChI is InChI=1S/C19H16BrN3O4S/c20-15-9-7-14(8-10-15)19-17-5-3-11-21(17)12-13-22(19)28(26,27)18-6-2-1-4-16(18)23(24)25/h1-11,19H,12-13H2. The van der Waals surface area contributed by atoms with Gasteiger partial charge in [0.1, 0.15) is 0 Å². The molecule has 9 heteroatoms. The molecule has 0 saturated carbocycles. The Bertz CT molecular complexity index is 1140. The summed E-state index contributed by atoms with van der Waals surface area (Å²) in [4.78, 5) is 10.5. The first-order valence-corrected chi connectivity index (χ1v) is 10.8. The maximum atomic E-state index is 13.5. The number of rotatable bonds is 4. The monoisotopic (exact) mass is 461 g/mol. The van der Waals surface area contributed by atoms with Crippen molar-refractivity contribution in [2.75, 3.05) is 6.54 Å². The summed E-state index contributed by atoms with van der Waals surface area (Å²) in [7, 11) is -4.10. The second-order valence-electron chi connectivity index (χ2n) is 6.42. The molecule has 28 heavy (non-hydrogen) atoms. The summed E-state index contributed by atoms with van der Waals surface area (Å²) in [6, 6.07) is 16.1. The topological polar surface area (TPSA) is 85.4 Å². The van der Waals surface area contributed by atoms with Crippen LogP contribution in [-0.2, 0) is 16.6 Å². The van der Waals surface area contributed by atoms with Crippen LogP contribution in [0.25, 0.3) is 0 Å². The van der Waals surface area contributed by atoms with Crippen molar-refractivity contribution in [1.82, 2.24) is 8.87 Å². The van der Waals surface area contributed by atoms with Gasteiger partial charge in [0.15, 0.2) is 4.90 Å². The van der Waals surface area contributed by atoms with Gasteiger partial charge in [0.25, 0.3) is 15.7 Å². The normalized spacial score (nSPS) is 17.2. The molecule has 0 amide bonds. The maximum Gasteiger partial charge on any atom is 0.289 e. The average Bonchev–Trinajstić information content (AvgIpc) is 3.17. The van der Waals surface area contributed by atoms with E-state index in [-0.39, 0.29) is 11.4 Å². The van der Waals surface area contributed by atoms with Crippen molar-refractivity contribution in [1.29, 1.82) is 0 Å². The minimum Gasteiger partial charge on any atom is -0.348 e. The van der Waals surface area contributed by atoms with Crippen molar-refractivity contribution in [2.24, 2.45) is 0 Å². The molecule has 1 atom stereocenters. The highest BCUT2D eigenvalue weighted by Crippen LogP contribution is 2.38. The van der Waals surface area contributed by atoms with Gasteiger partial charge in [-0.15, -0.1) is 0 Å². The fourth-order valence-corrected chi connectivity index (χ4v) is 5.56. The number of sulfonamides is 1. The van der Waals surface area contributed by atoms with Crippen molar-refractivity contribution in [3.8, 4) is 0 Å². The first-order chi connectivity index (χ1) is 13.4. The Morgan fingerprint density at radius 2 is 1.71 bits per heavy atom. The minimum atomic E-state index is -4.10. The number of nitro benzene ring substituents is 1. The Labute approximate surface area is 170 Å². The minimum absolute atomic E-state index is 0.219. The molecule has 4 rings (SSSR count). The molecule has 3 aromatic rings. The molecule has 0 radical (unpaired) electrons. The van der Waals surface area contributed by atoms with Crippen molar-refractivity contribution >= 4 is 31.6 Å². The fourth-order valence-electron chi connectivity index (χ4n) is 3.56. The molecule has 144 valence electrons. The number of aromatic nitrogens is 1. The Morgan fingerprint density at radius 3 is 2.43 bits per heavy atom. The molecular formula is C19H16BrN3O4S. The lowest BCUT2D eigenvalue weighted by Crippen LogP contribution is -2.42. The van der Waals surface area contributed by atoms with Crippen LogP contribution in [0.2, 0.25) is 0 Å². The van der Waals surface area contributed by atoms with Crippen LogP contribution in [0.15, 0.2) is 76.2 Å². The van der Waals surface area contributed by atoms with Gasteiger partial charge in [0, 0.05) is 35.5 Å². The summed E-state index contributed by atoms with van der Waals surface area (Å²) in [6.45, 7) is 0.700. The van der Waals surface area contributed by atoms with Gasteiger partial charge in [-0.05, 0) is 35.9 Å². The zero-order chi connectivity index (χ0) is 19.9. The summed E-state index contributed by atoms with van der Waals surface area (Å²) in [5.41, 5.74) is 1.21. The first-order valence-electron chi connectivity index (χ1n) is 8.55. The summed E-state index contributed by atoms with van der Waals surface area (Å²) < 4.78 is 31.2. The van der Waals surface area contributed by atoms with Crippen LogP contribution in [0.1, 0.15) is 17.3 Å². The lowest BCUT2D eigenvalue weighted by Gasteiger charge is -2.36. The third-order valence-corrected chi connectivity index (χ3v) is 7.27. The van der Waals surface area contributed by atoms with E-state index < -0.39 is 26.7 Å². The fraction of sp³-hybridized carbons (Fsp3) is 0.158. The number of nitrogens with zero attached hydrogens (tertiary/aromatic N) is 3. The van der Waals surface area contributed by atoms with Crippen molar-refractivity contribution in [2.45, 2.75) is 17.5 Å². The number of hydrogen-bond acceptors (Lipinski definition) is 4. The molecule has 0 aliphatic carbocycles. The first kappa shape index (κ1) is 18.9. The van der Waals surface area contributed by atoms with Crippen molar-refractivity contribution in [3.63, 3.8) is 0 Å². The molecule has 0 fully saturated rings. The van der Waals surface area contributed by atoms with Crippen LogP contribution in [0.4, 0.5) is 5.69 Å². The Morgan fingerprint density at radius 1 is 1.00 bits per heavy atom. The highest BCUT2D eigenvalue weighted by Gasteiger charge is 2.40. The summed E-state index contributed by atoms with van der Waals surface area (Å²) in [6.07, 6.45) is 1.91. The Balaban J connectivity index is 1.88. The summed E-state index contributed by atoms with van der Waals surface area (Å²) >= 11 is 3.40. The number of benzene rings is 2. The van der Waals surface area contributed by atoms with E-state index in [1.807, 2.05) is 47.2 Å². The van der Waals surface area contributed by atoms with Crippen LogP contribution in [0.3, 0.4) is 0 Å². The lowest BCUT2D eigenvalue weighted by atomic mass is 10.0. The van der Waals surface area contributed by atoms with Gasteiger partial charge in [0.05, 0.1) is 11.0 Å². The van der Waals surface area contributed by atoms with Gasteiger partial charge in [0.2, 0.25) is 0 Å². The number of halogens is 1. The van der Waals surface area contributed by atoms with Crippen molar-refractivity contribution in [3.05, 3.63) is 92.7 Å². The highest BCUT2D eigenvalue weighted by molar-refractivity contribution is 9.10. The van der Waals surface area contributed by atoms with Gasteiger partial charge >= 0.3 is 0 Å². The van der Waals surface area contributed by atoms with Gasteiger partial charge in [-0.1, -0.05) is 40.2 Å². The van der Waals surface area contributed by atoms with Gasteiger partial charge in [-0.25, -0.2) is 8.42 Å². The maximum absolute atomic E-state index is 13.5. The smallest absolute Gasteiger partial charge is 0.289 e. The van der Waals surface area contributed by atoms with Crippen molar-refractivity contribution < 1.29 is 13.3 Å². The van der Waals surface area contributed by atoms with Crippen LogP contribution >= 0.6 is 15.9 Å². The van der Waals surface area contributed by atoms with E-state index in [2.05, 4.69) is 15.9 Å². The molecule has 1 aliphatic rings. The molecule has 0 N–H and O–H groups in total. The van der Waals surface area contributed by atoms with Crippen LogP contribution in [0.5, 0.6) is 0 Å². The summed E-state index contributed by atoms with van der Waals surface area (Å²) in [5.74, 6) is 0. The van der Waals surface area contributed by atoms with Gasteiger partial charge < -0.3 is 4.57 Å². The quantitative estimate of drug-likeness (QED) is 0.434. The molecule has 2 aromatic carbocycles. The Hall–Kier alpha value is -2.49. The van der Waals surface area contributed by atoms with Crippen LogP contribution in [-0.4, -0.2) is 28.8 Å². The molecule has 0 spiro atoms. The number of hydrogen-bond donors (Lipinski definition) is 0. The second kappa shape index (κ2) is 7.16. The lowest BCUT2D eigenvalue weighted by molar-refractivity contribution is -0.387. The predicted molar refractivity (Wildman–Crippen MR) is 107 cm³/mol. The molecule has 0 saturated heterocycles. The van der Waals surface area contributed by atoms with E-state index in [0.717, 1.165) is 15.7 Å². The van der Waals surface area contributed by atoms with E-state index in [4.69, 9.17) is 0 Å². The molecule has 0 bridgehead atoms. The third-order valence-electron chi connectivity index (χ3n) is 4.83.